The van der Waals surface area contributed by atoms with E-state index in [1.807, 2.05) is 19.1 Å². The third kappa shape index (κ3) is 4.19. The second kappa shape index (κ2) is 8.88. The Kier molecular flexibility index (Phi) is 5.78. The summed E-state index contributed by atoms with van der Waals surface area (Å²) in [5, 5.41) is 3.65. The van der Waals surface area contributed by atoms with Gasteiger partial charge in [0, 0.05) is 37.0 Å². The van der Waals surface area contributed by atoms with Gasteiger partial charge in [0.05, 0.1) is 58.8 Å². The average molecular weight is 468 g/mol. The minimum atomic E-state index is -0.718. The summed E-state index contributed by atoms with van der Waals surface area (Å²) in [5.41, 5.74) is 3.75. The van der Waals surface area contributed by atoms with E-state index in [4.69, 9.17) is 16.3 Å². The maximum Gasteiger partial charge on any atom is 0.152 e. The number of nitrogens with zero attached hydrogens (tertiary/aromatic N) is 4. The van der Waals surface area contributed by atoms with Gasteiger partial charge in [-0.1, -0.05) is 17.7 Å². The summed E-state index contributed by atoms with van der Waals surface area (Å²) in [6.45, 7) is 4.54. The molecule has 168 valence electrons. The molecule has 6 nitrogen and oxygen atoms in total. The molecule has 9 heteroatoms. The molecule has 4 heterocycles. The summed E-state index contributed by atoms with van der Waals surface area (Å²) in [5.74, 6) is -1.42. The van der Waals surface area contributed by atoms with Crippen LogP contribution in [-0.4, -0.2) is 41.3 Å². The zero-order chi connectivity index (χ0) is 22.9. The van der Waals surface area contributed by atoms with E-state index in [1.165, 1.54) is 6.07 Å². The van der Waals surface area contributed by atoms with Crippen LogP contribution >= 0.6 is 11.6 Å². The third-order valence-electron chi connectivity index (χ3n) is 5.61. The number of ether oxygens (including phenoxy) is 1. The number of morpholine rings is 1. The van der Waals surface area contributed by atoms with Crippen molar-refractivity contribution in [3.05, 3.63) is 71.1 Å². The predicted molar refractivity (Wildman–Crippen MR) is 125 cm³/mol. The number of benzene rings is 1. The fourth-order valence-corrected chi connectivity index (χ4v) is 4.12. The van der Waals surface area contributed by atoms with Crippen molar-refractivity contribution in [2.75, 3.05) is 36.5 Å². The van der Waals surface area contributed by atoms with E-state index >= 15 is 0 Å². The van der Waals surface area contributed by atoms with Gasteiger partial charge in [-0.05, 0) is 25.1 Å². The molecule has 0 aliphatic carbocycles. The van der Waals surface area contributed by atoms with Gasteiger partial charge < -0.3 is 15.0 Å². The molecule has 1 fully saturated rings. The first-order chi connectivity index (χ1) is 16.0. The summed E-state index contributed by atoms with van der Waals surface area (Å²) in [7, 11) is 0. The van der Waals surface area contributed by atoms with Gasteiger partial charge in [0.15, 0.2) is 5.15 Å². The zero-order valence-electron chi connectivity index (χ0n) is 17.8. The average Bonchev–Trinajstić information content (AvgIpc) is 2.83. The summed E-state index contributed by atoms with van der Waals surface area (Å²) < 4.78 is 34.5. The Morgan fingerprint density at radius 3 is 2.67 bits per heavy atom. The quantitative estimate of drug-likeness (QED) is 0.399. The van der Waals surface area contributed by atoms with Crippen molar-refractivity contribution in [2.45, 2.75) is 6.92 Å². The first-order valence-corrected chi connectivity index (χ1v) is 10.8. The molecule has 1 saturated heterocycles. The van der Waals surface area contributed by atoms with E-state index < -0.39 is 11.6 Å². The van der Waals surface area contributed by atoms with Crippen molar-refractivity contribution in [1.29, 1.82) is 0 Å². The Morgan fingerprint density at radius 1 is 1.09 bits per heavy atom. The Labute approximate surface area is 194 Å². The lowest BCUT2D eigenvalue weighted by Gasteiger charge is -2.29. The molecular formula is C24H20ClF2N5O. The molecule has 0 unspecified atom stereocenters. The minimum Gasteiger partial charge on any atom is -0.378 e. The fraction of sp³-hybridized carbons (Fsp3) is 0.208. The van der Waals surface area contributed by atoms with Gasteiger partial charge in [0.25, 0.3) is 0 Å². The predicted octanol–water partition coefficient (Wildman–Crippen LogP) is 5.51. The highest BCUT2D eigenvalue weighted by molar-refractivity contribution is 6.32. The number of rotatable bonds is 4. The van der Waals surface area contributed by atoms with Crippen LogP contribution in [0, 0.1) is 18.6 Å². The molecule has 0 atom stereocenters. The zero-order valence-corrected chi connectivity index (χ0v) is 18.5. The molecule has 0 amide bonds. The first-order valence-electron chi connectivity index (χ1n) is 10.5. The van der Waals surface area contributed by atoms with Crippen LogP contribution in [0.25, 0.3) is 22.3 Å². The Hall–Kier alpha value is -3.36. The topological polar surface area (TPSA) is 63.2 Å². The van der Waals surface area contributed by atoms with Crippen molar-refractivity contribution in [3.63, 3.8) is 0 Å². The van der Waals surface area contributed by atoms with Gasteiger partial charge in [-0.3, -0.25) is 4.98 Å². The number of anilines is 3. The number of nitrogens with one attached hydrogen (secondary N) is 1. The van der Waals surface area contributed by atoms with E-state index in [0.29, 0.717) is 41.5 Å². The van der Waals surface area contributed by atoms with Crippen molar-refractivity contribution in [2.24, 2.45) is 0 Å². The van der Waals surface area contributed by atoms with Crippen molar-refractivity contribution < 1.29 is 13.5 Å². The summed E-state index contributed by atoms with van der Waals surface area (Å²) in [6, 6.07) is 9.35. The van der Waals surface area contributed by atoms with Crippen LogP contribution in [0.15, 0.2) is 48.8 Å². The Bertz CT molecular complexity index is 1330. The van der Waals surface area contributed by atoms with E-state index in [1.54, 1.807) is 24.5 Å². The van der Waals surface area contributed by atoms with Gasteiger partial charge in [-0.25, -0.2) is 18.7 Å². The second-order valence-electron chi connectivity index (χ2n) is 7.71. The number of halogens is 3. The maximum atomic E-state index is 15.0. The molecule has 1 aliphatic rings. The monoisotopic (exact) mass is 467 g/mol. The van der Waals surface area contributed by atoms with E-state index in [2.05, 4.69) is 25.2 Å². The molecule has 4 aromatic rings. The van der Waals surface area contributed by atoms with Gasteiger partial charge in [-0.2, -0.15) is 0 Å². The van der Waals surface area contributed by atoms with Crippen LogP contribution in [0.4, 0.5) is 25.8 Å². The molecular weight excluding hydrogens is 448 g/mol. The van der Waals surface area contributed by atoms with Gasteiger partial charge in [0.1, 0.15) is 11.6 Å². The van der Waals surface area contributed by atoms with Crippen LogP contribution in [0.3, 0.4) is 0 Å². The van der Waals surface area contributed by atoms with Gasteiger partial charge >= 0.3 is 0 Å². The minimum absolute atomic E-state index is 0.168. The largest absolute Gasteiger partial charge is 0.378 e. The highest BCUT2D eigenvalue weighted by Gasteiger charge is 2.20. The van der Waals surface area contributed by atoms with Crippen molar-refractivity contribution in [1.82, 2.24) is 15.0 Å². The lowest BCUT2D eigenvalue weighted by atomic mass is 10.0. The van der Waals surface area contributed by atoms with Crippen LogP contribution in [0.5, 0.6) is 0 Å². The van der Waals surface area contributed by atoms with E-state index in [-0.39, 0.29) is 16.1 Å². The van der Waals surface area contributed by atoms with Crippen molar-refractivity contribution >= 4 is 39.6 Å². The molecule has 1 N–H and O–H groups in total. The van der Waals surface area contributed by atoms with Crippen LogP contribution in [0.2, 0.25) is 5.15 Å². The highest BCUT2D eigenvalue weighted by Crippen LogP contribution is 2.38. The summed E-state index contributed by atoms with van der Waals surface area (Å²) >= 11 is 6.41. The fourth-order valence-electron chi connectivity index (χ4n) is 3.97. The highest BCUT2D eigenvalue weighted by atomic mass is 35.5. The lowest BCUT2D eigenvalue weighted by molar-refractivity contribution is 0.122. The van der Waals surface area contributed by atoms with E-state index in [0.717, 1.165) is 24.8 Å². The Balaban J connectivity index is 1.67. The van der Waals surface area contributed by atoms with Crippen molar-refractivity contribution in [3.8, 4) is 11.4 Å². The van der Waals surface area contributed by atoms with Crippen LogP contribution in [0.1, 0.15) is 5.56 Å². The van der Waals surface area contributed by atoms with Crippen LogP contribution < -0.4 is 10.2 Å². The van der Waals surface area contributed by atoms with Gasteiger partial charge in [0.2, 0.25) is 0 Å². The molecule has 0 saturated carbocycles. The molecule has 5 rings (SSSR count). The SMILES string of the molecule is Cc1c(-c2ccccn2)nc2cc(F)cc(F)c2c1Nc1cc(N2CCOCC2)cnc1Cl. The molecule has 0 spiro atoms. The number of aromatic nitrogens is 3. The molecule has 1 aromatic carbocycles. The second-order valence-corrected chi connectivity index (χ2v) is 8.07. The van der Waals surface area contributed by atoms with E-state index in [9.17, 15) is 8.78 Å². The normalized spacial score (nSPS) is 14.0. The first kappa shape index (κ1) is 21.5. The summed E-state index contributed by atoms with van der Waals surface area (Å²) in [4.78, 5) is 15.4. The third-order valence-corrected chi connectivity index (χ3v) is 5.92. The smallest absolute Gasteiger partial charge is 0.152 e. The number of pyridine rings is 3. The standard InChI is InChI=1S/C24H20ClF2N5O/c1-14-22(18-4-2-3-5-28-18)30-19-11-15(26)10-17(27)21(19)23(14)31-20-12-16(13-29-24(20)25)32-6-8-33-9-7-32/h2-5,10-13H,6-9H2,1H3,(H,30,31). The van der Waals surface area contributed by atoms with Gasteiger partial charge in [-0.15, -0.1) is 0 Å². The maximum absolute atomic E-state index is 15.0. The molecule has 3 aromatic heterocycles. The lowest BCUT2D eigenvalue weighted by Crippen LogP contribution is -2.36. The molecule has 33 heavy (non-hydrogen) atoms. The molecule has 0 radical (unpaired) electrons. The molecule has 0 bridgehead atoms. The molecule has 1 aliphatic heterocycles. The number of hydrogen-bond acceptors (Lipinski definition) is 6. The number of hydrogen-bond donors (Lipinski definition) is 1. The van der Waals surface area contributed by atoms with Crippen LogP contribution in [-0.2, 0) is 4.74 Å². The summed E-state index contributed by atoms with van der Waals surface area (Å²) in [6.07, 6.45) is 3.35. The number of fused-ring (bicyclic) bond motifs is 1. The Morgan fingerprint density at radius 2 is 1.91 bits per heavy atom.